The number of nitrogens with one attached hydrogen (secondary N) is 3. The van der Waals surface area contributed by atoms with Gasteiger partial charge in [-0.15, -0.1) is 0 Å². The summed E-state index contributed by atoms with van der Waals surface area (Å²) in [5, 5.41) is 5.18. The van der Waals surface area contributed by atoms with Crippen molar-refractivity contribution < 1.29 is 31.2 Å². The molecule has 0 bridgehead atoms. The smallest absolute Gasteiger partial charge is 0.324 e. The number of halogens is 3. The maximum absolute atomic E-state index is 13.5. The molecule has 0 aliphatic carbocycles. The van der Waals surface area contributed by atoms with E-state index in [1.54, 1.807) is 24.0 Å². The zero-order chi connectivity index (χ0) is 29.1. The van der Waals surface area contributed by atoms with Gasteiger partial charge in [0.15, 0.2) is 0 Å². The molecule has 12 heteroatoms. The number of nitrogens with zero attached hydrogens (tertiary/aromatic N) is 1. The highest BCUT2D eigenvalue weighted by molar-refractivity contribution is 7.88. The number of rotatable bonds is 7. The van der Waals surface area contributed by atoms with Crippen molar-refractivity contribution in [3.63, 3.8) is 0 Å². The van der Waals surface area contributed by atoms with Crippen molar-refractivity contribution in [2.75, 3.05) is 23.0 Å². The Morgan fingerprint density at radius 3 is 2.27 bits per heavy atom. The Morgan fingerprint density at radius 1 is 1.00 bits per heavy atom. The summed E-state index contributed by atoms with van der Waals surface area (Å²) in [5.41, 5.74) is 1.23. The fourth-order valence-corrected chi connectivity index (χ4v) is 5.02. The quantitative estimate of drug-likeness (QED) is 0.364. The van der Waals surface area contributed by atoms with Crippen LogP contribution in [0.1, 0.15) is 30.9 Å². The maximum Gasteiger partial charge on any atom is 0.416 e. The minimum Gasteiger partial charge on any atom is -0.324 e. The summed E-state index contributed by atoms with van der Waals surface area (Å²) in [6.07, 6.45) is -2.38. The molecule has 3 amide bonds. The number of amides is 3. The van der Waals surface area contributed by atoms with Crippen molar-refractivity contribution in [2.24, 2.45) is 0 Å². The van der Waals surface area contributed by atoms with Crippen molar-refractivity contribution in [3.05, 3.63) is 83.9 Å². The number of sulfonamides is 1. The van der Waals surface area contributed by atoms with E-state index in [0.29, 0.717) is 25.1 Å². The second-order valence-corrected chi connectivity index (χ2v) is 11.7. The molecule has 0 spiro atoms. The number of hydrogen-bond acceptors (Lipinski definition) is 4. The van der Waals surface area contributed by atoms with E-state index < -0.39 is 33.3 Å². The molecule has 3 N–H and O–H groups in total. The van der Waals surface area contributed by atoms with Crippen LogP contribution in [0.5, 0.6) is 0 Å². The van der Waals surface area contributed by atoms with Crippen LogP contribution >= 0.6 is 0 Å². The van der Waals surface area contributed by atoms with Crippen molar-refractivity contribution in [2.45, 2.75) is 38.0 Å². The average Bonchev–Trinajstić information content (AvgIpc) is 2.89. The van der Waals surface area contributed by atoms with Crippen molar-refractivity contribution in [1.82, 2.24) is 10.0 Å². The normalized spacial score (nSPS) is 17.9. The van der Waals surface area contributed by atoms with E-state index in [1.807, 2.05) is 36.4 Å². The summed E-state index contributed by atoms with van der Waals surface area (Å²) < 4.78 is 64.0. The van der Waals surface area contributed by atoms with E-state index in [0.717, 1.165) is 47.2 Å². The number of urea groups is 1. The number of benzene rings is 3. The van der Waals surface area contributed by atoms with Gasteiger partial charge < -0.3 is 15.5 Å². The summed E-state index contributed by atoms with van der Waals surface area (Å²) in [4.78, 5) is 27.7. The molecule has 0 unspecified atom stereocenters. The predicted octanol–water partition coefficient (Wildman–Crippen LogP) is 5.13. The molecule has 1 heterocycles. The zero-order valence-electron chi connectivity index (χ0n) is 21.9. The van der Waals surface area contributed by atoms with E-state index >= 15 is 0 Å². The van der Waals surface area contributed by atoms with E-state index in [9.17, 15) is 31.2 Å². The van der Waals surface area contributed by atoms with Gasteiger partial charge in [0.2, 0.25) is 10.0 Å². The summed E-state index contributed by atoms with van der Waals surface area (Å²) in [6, 6.07) is 18.0. The molecular weight excluding hydrogens is 545 g/mol. The first kappa shape index (κ1) is 29.1. The van der Waals surface area contributed by atoms with Crippen LogP contribution in [0.2, 0.25) is 0 Å². The molecule has 0 aromatic heterocycles. The molecular formula is C28H29F3N4O4S. The third-order valence-corrected chi connectivity index (χ3v) is 7.34. The molecule has 1 aliphatic rings. The molecule has 40 heavy (non-hydrogen) atoms. The second kappa shape index (κ2) is 11.3. The Morgan fingerprint density at radius 2 is 1.65 bits per heavy atom. The Balaban J connectivity index is 1.45. The molecule has 1 aliphatic heterocycles. The predicted molar refractivity (Wildman–Crippen MR) is 147 cm³/mol. The fourth-order valence-electron chi connectivity index (χ4n) is 4.60. The lowest BCUT2D eigenvalue weighted by Crippen LogP contribution is -2.61. The maximum atomic E-state index is 13.5. The van der Waals surface area contributed by atoms with Gasteiger partial charge in [0.25, 0.3) is 5.91 Å². The second-order valence-electron chi connectivity index (χ2n) is 9.84. The number of piperidine rings is 1. The van der Waals surface area contributed by atoms with Gasteiger partial charge >= 0.3 is 12.2 Å². The fraction of sp³-hybridized carbons (Fsp3) is 0.286. The highest BCUT2D eigenvalue weighted by atomic mass is 32.2. The number of carbonyl (C=O) groups excluding carboxylic acids is 2. The van der Waals surface area contributed by atoms with E-state index in [1.165, 1.54) is 0 Å². The molecule has 3 aromatic carbocycles. The number of alkyl halides is 3. The number of carbonyl (C=O) groups is 2. The van der Waals surface area contributed by atoms with Crippen molar-refractivity contribution in [1.29, 1.82) is 0 Å². The summed E-state index contributed by atoms with van der Waals surface area (Å²) in [5.74, 6) is -0.313. The summed E-state index contributed by atoms with van der Waals surface area (Å²) >= 11 is 0. The van der Waals surface area contributed by atoms with Gasteiger partial charge in [-0.05, 0) is 72.9 Å². The van der Waals surface area contributed by atoms with Crippen LogP contribution in [0.25, 0.3) is 11.1 Å². The lowest BCUT2D eigenvalue weighted by atomic mass is 9.89. The van der Waals surface area contributed by atoms with Gasteiger partial charge in [0.05, 0.1) is 11.8 Å². The number of hydrogen-bond donors (Lipinski definition) is 3. The third-order valence-electron chi connectivity index (χ3n) is 6.67. The van der Waals surface area contributed by atoms with Crippen LogP contribution in [0.3, 0.4) is 0 Å². The molecule has 3 aromatic rings. The highest BCUT2D eigenvalue weighted by Crippen LogP contribution is 2.32. The van der Waals surface area contributed by atoms with Gasteiger partial charge in [-0.3, -0.25) is 4.79 Å². The zero-order valence-corrected chi connectivity index (χ0v) is 22.7. The molecule has 1 saturated heterocycles. The topological polar surface area (TPSA) is 108 Å². The largest absolute Gasteiger partial charge is 0.416 e. The van der Waals surface area contributed by atoms with Gasteiger partial charge in [0, 0.05) is 24.5 Å². The lowest BCUT2D eigenvalue weighted by Gasteiger charge is -2.39. The van der Waals surface area contributed by atoms with Crippen LogP contribution < -0.4 is 20.3 Å². The molecule has 4 rings (SSSR count). The van der Waals surface area contributed by atoms with Crippen LogP contribution in [0.15, 0.2) is 72.8 Å². The molecule has 0 saturated carbocycles. The van der Waals surface area contributed by atoms with Gasteiger partial charge in [-0.1, -0.05) is 36.4 Å². The van der Waals surface area contributed by atoms with E-state index in [2.05, 4.69) is 15.4 Å². The van der Waals surface area contributed by atoms with Crippen molar-refractivity contribution >= 4 is 33.3 Å². The summed E-state index contributed by atoms with van der Waals surface area (Å²) in [7, 11) is -3.36. The van der Waals surface area contributed by atoms with Gasteiger partial charge in [-0.25, -0.2) is 17.9 Å². The molecule has 212 valence electrons. The van der Waals surface area contributed by atoms with E-state index in [4.69, 9.17) is 0 Å². The average molecular weight is 575 g/mol. The standard InChI is InChI=1S/C28H29F3N4O4S/c1-27(34-26(37)33-22-12-10-21(11-13-22)28(29,30)31)16-5-17-35(25(27)36)23-14-8-19(9-15-23)24-7-4-3-6-20(24)18-32-40(2,38)39/h3-4,6-15,32H,5,16-18H2,1-2H3,(H2,33,34,37)/t27-/m0/s1. The van der Waals surface area contributed by atoms with Crippen molar-refractivity contribution in [3.8, 4) is 11.1 Å². The molecule has 0 radical (unpaired) electrons. The van der Waals surface area contributed by atoms with Crippen LogP contribution in [-0.4, -0.2) is 38.7 Å². The Labute approximate surface area is 230 Å². The Kier molecular flexibility index (Phi) is 8.22. The van der Waals surface area contributed by atoms with Crippen LogP contribution in [0, 0.1) is 0 Å². The summed E-state index contributed by atoms with van der Waals surface area (Å²) in [6.45, 7) is 2.21. The molecule has 1 atom stereocenters. The molecule has 1 fully saturated rings. The van der Waals surface area contributed by atoms with Gasteiger partial charge in [-0.2, -0.15) is 13.2 Å². The number of anilines is 2. The third kappa shape index (κ3) is 6.99. The highest BCUT2D eigenvalue weighted by Gasteiger charge is 2.41. The Bertz CT molecular complexity index is 1490. The van der Waals surface area contributed by atoms with Crippen LogP contribution in [-0.2, 0) is 27.5 Å². The first-order valence-electron chi connectivity index (χ1n) is 12.5. The van der Waals surface area contributed by atoms with Crippen LogP contribution in [0.4, 0.5) is 29.3 Å². The Hall–Kier alpha value is -3.90. The monoisotopic (exact) mass is 574 g/mol. The SMILES string of the molecule is C[C@]1(NC(=O)Nc2ccc(C(F)(F)F)cc2)CCCN(c2ccc(-c3ccccc3CNS(C)(=O)=O)cc2)C1=O. The first-order chi connectivity index (χ1) is 18.7. The lowest BCUT2D eigenvalue weighted by molar-refractivity contribution is -0.137. The van der Waals surface area contributed by atoms with E-state index in [-0.39, 0.29) is 18.1 Å². The molecule has 8 nitrogen and oxygen atoms in total. The minimum atomic E-state index is -4.48. The van der Waals surface area contributed by atoms with Gasteiger partial charge in [0.1, 0.15) is 5.54 Å². The minimum absolute atomic E-state index is 0.139. The first-order valence-corrected chi connectivity index (χ1v) is 14.4.